The van der Waals surface area contributed by atoms with E-state index in [-0.39, 0.29) is 6.29 Å². The lowest BCUT2D eigenvalue weighted by atomic mass is 10.0. The van der Waals surface area contributed by atoms with Crippen LogP contribution in [-0.4, -0.2) is 19.2 Å². The lowest BCUT2D eigenvalue weighted by Crippen LogP contribution is -2.21. The van der Waals surface area contributed by atoms with Crippen LogP contribution in [0.15, 0.2) is 36.4 Å². The van der Waals surface area contributed by atoms with E-state index in [4.69, 9.17) is 9.47 Å². The van der Waals surface area contributed by atoms with Crippen LogP contribution in [0.3, 0.4) is 0 Å². The molecule has 0 aliphatic carbocycles. The molecule has 3 heteroatoms. The van der Waals surface area contributed by atoms with Gasteiger partial charge in [0.1, 0.15) is 6.29 Å². The van der Waals surface area contributed by atoms with Crippen molar-refractivity contribution in [1.29, 1.82) is 0 Å². The summed E-state index contributed by atoms with van der Waals surface area (Å²) in [6, 6.07) is 11.9. The van der Waals surface area contributed by atoms with E-state index >= 15 is 0 Å². The molecule has 1 aliphatic heterocycles. The summed E-state index contributed by atoms with van der Waals surface area (Å²) in [6.45, 7) is 1.37. The molecule has 1 saturated heterocycles. The molecule has 1 aliphatic rings. The fraction of sp³-hybridized carbons (Fsp3) is 0.353. The lowest BCUT2D eigenvalue weighted by Gasteiger charge is -2.22. The van der Waals surface area contributed by atoms with E-state index in [1.165, 1.54) is 6.42 Å². The highest BCUT2D eigenvalue weighted by atomic mass is 16.7. The first-order valence-corrected chi connectivity index (χ1v) is 7.06. The Hall–Kier alpha value is -1.71. The van der Waals surface area contributed by atoms with Gasteiger partial charge < -0.3 is 9.47 Å². The van der Waals surface area contributed by atoms with E-state index in [0.29, 0.717) is 12.2 Å². The summed E-state index contributed by atoms with van der Waals surface area (Å²) in [7, 11) is 0. The molecular formula is C17H18O3. The highest BCUT2D eigenvalue weighted by Gasteiger charge is 2.13. The second-order valence-corrected chi connectivity index (χ2v) is 5.17. The standard InChI is InChI=1S/C17H18O3/c18-11-13-4-6-16-10-14(5-7-15(16)9-13)12-20-17-3-1-2-8-19-17/h4-7,9-11,17H,1-3,8,12H2. The molecule has 0 radical (unpaired) electrons. The first-order valence-electron chi connectivity index (χ1n) is 7.06. The lowest BCUT2D eigenvalue weighted by molar-refractivity contribution is -0.168. The van der Waals surface area contributed by atoms with Gasteiger partial charge in [-0.2, -0.15) is 0 Å². The van der Waals surface area contributed by atoms with Gasteiger partial charge in [-0.25, -0.2) is 0 Å². The van der Waals surface area contributed by atoms with E-state index in [2.05, 4.69) is 6.07 Å². The normalized spacial score (nSPS) is 19.1. The van der Waals surface area contributed by atoms with E-state index < -0.39 is 0 Å². The minimum atomic E-state index is -0.0584. The number of ether oxygens (including phenoxy) is 2. The van der Waals surface area contributed by atoms with Crippen molar-refractivity contribution in [2.45, 2.75) is 32.2 Å². The summed E-state index contributed by atoms with van der Waals surface area (Å²) in [5, 5.41) is 2.20. The molecule has 0 saturated carbocycles. The van der Waals surface area contributed by atoms with Crippen LogP contribution in [0.5, 0.6) is 0 Å². The summed E-state index contributed by atoms with van der Waals surface area (Å²) >= 11 is 0. The Morgan fingerprint density at radius 3 is 2.80 bits per heavy atom. The molecule has 0 bridgehead atoms. The third kappa shape index (κ3) is 3.06. The first kappa shape index (κ1) is 13.3. The molecule has 3 nitrogen and oxygen atoms in total. The van der Waals surface area contributed by atoms with Gasteiger partial charge in [-0.05, 0) is 47.7 Å². The van der Waals surface area contributed by atoms with E-state index in [1.807, 2.05) is 30.3 Å². The van der Waals surface area contributed by atoms with Crippen LogP contribution in [-0.2, 0) is 16.1 Å². The van der Waals surface area contributed by atoms with E-state index in [0.717, 1.165) is 42.1 Å². The Morgan fingerprint density at radius 1 is 1.15 bits per heavy atom. The second-order valence-electron chi connectivity index (χ2n) is 5.17. The van der Waals surface area contributed by atoms with Crippen molar-refractivity contribution in [3.05, 3.63) is 47.5 Å². The monoisotopic (exact) mass is 270 g/mol. The fourth-order valence-corrected chi connectivity index (χ4v) is 2.51. The highest BCUT2D eigenvalue weighted by molar-refractivity contribution is 5.89. The molecule has 104 valence electrons. The van der Waals surface area contributed by atoms with Gasteiger partial charge in [-0.3, -0.25) is 4.79 Å². The van der Waals surface area contributed by atoms with Crippen LogP contribution >= 0.6 is 0 Å². The molecule has 2 aromatic rings. The third-order valence-corrected chi connectivity index (χ3v) is 3.64. The first-order chi connectivity index (χ1) is 9.85. The minimum Gasteiger partial charge on any atom is -0.353 e. The van der Waals surface area contributed by atoms with Crippen LogP contribution in [0, 0.1) is 0 Å². The Balaban J connectivity index is 1.70. The van der Waals surface area contributed by atoms with E-state index in [1.54, 1.807) is 0 Å². The number of carbonyl (C=O) groups is 1. The van der Waals surface area contributed by atoms with Gasteiger partial charge in [0.05, 0.1) is 6.61 Å². The predicted molar refractivity (Wildman–Crippen MR) is 77.7 cm³/mol. The van der Waals surface area contributed by atoms with Gasteiger partial charge in [0.25, 0.3) is 0 Å². The van der Waals surface area contributed by atoms with Crippen molar-refractivity contribution in [2.75, 3.05) is 6.61 Å². The van der Waals surface area contributed by atoms with Gasteiger partial charge in [0, 0.05) is 12.2 Å². The molecule has 1 unspecified atom stereocenters. The van der Waals surface area contributed by atoms with Crippen LogP contribution in [0.4, 0.5) is 0 Å². The van der Waals surface area contributed by atoms with Gasteiger partial charge >= 0.3 is 0 Å². The van der Waals surface area contributed by atoms with Crippen LogP contribution < -0.4 is 0 Å². The van der Waals surface area contributed by atoms with Gasteiger partial charge in [-0.1, -0.05) is 24.3 Å². The summed E-state index contributed by atoms with van der Waals surface area (Å²) in [4.78, 5) is 10.8. The summed E-state index contributed by atoms with van der Waals surface area (Å²) < 4.78 is 11.3. The van der Waals surface area contributed by atoms with Crippen molar-refractivity contribution < 1.29 is 14.3 Å². The summed E-state index contributed by atoms with van der Waals surface area (Å²) in [5.41, 5.74) is 1.84. The zero-order valence-corrected chi connectivity index (χ0v) is 11.4. The maximum atomic E-state index is 10.8. The van der Waals surface area contributed by atoms with Crippen LogP contribution in [0.2, 0.25) is 0 Å². The van der Waals surface area contributed by atoms with Crippen molar-refractivity contribution in [3.8, 4) is 0 Å². The Labute approximate surface area is 118 Å². The quantitative estimate of drug-likeness (QED) is 0.795. The predicted octanol–water partition coefficient (Wildman–Crippen LogP) is 3.70. The third-order valence-electron chi connectivity index (χ3n) is 3.64. The Bertz CT molecular complexity index is 600. The van der Waals surface area contributed by atoms with Gasteiger partial charge in [-0.15, -0.1) is 0 Å². The smallest absolute Gasteiger partial charge is 0.158 e. The maximum absolute atomic E-state index is 10.8. The molecule has 1 heterocycles. The molecule has 0 amide bonds. The molecule has 0 spiro atoms. The number of rotatable bonds is 4. The molecule has 1 atom stereocenters. The topological polar surface area (TPSA) is 35.5 Å². The van der Waals surface area contributed by atoms with E-state index in [9.17, 15) is 4.79 Å². The Morgan fingerprint density at radius 2 is 2.00 bits per heavy atom. The average molecular weight is 270 g/mol. The van der Waals surface area contributed by atoms with Crippen LogP contribution in [0.1, 0.15) is 35.2 Å². The largest absolute Gasteiger partial charge is 0.353 e. The van der Waals surface area contributed by atoms with Gasteiger partial charge in [0.15, 0.2) is 6.29 Å². The molecule has 0 aromatic heterocycles. The minimum absolute atomic E-state index is 0.0584. The highest BCUT2D eigenvalue weighted by Crippen LogP contribution is 2.20. The molecule has 0 N–H and O–H groups in total. The summed E-state index contributed by atoms with van der Waals surface area (Å²) in [6.07, 6.45) is 4.11. The number of aldehydes is 1. The van der Waals surface area contributed by atoms with Crippen LogP contribution in [0.25, 0.3) is 10.8 Å². The number of benzene rings is 2. The van der Waals surface area contributed by atoms with Crippen molar-refractivity contribution >= 4 is 17.1 Å². The number of hydrogen-bond donors (Lipinski definition) is 0. The number of hydrogen-bond acceptors (Lipinski definition) is 3. The molecular weight excluding hydrogens is 252 g/mol. The summed E-state index contributed by atoms with van der Waals surface area (Å²) in [5.74, 6) is 0. The molecule has 1 fully saturated rings. The van der Waals surface area contributed by atoms with Crippen molar-refractivity contribution in [3.63, 3.8) is 0 Å². The zero-order chi connectivity index (χ0) is 13.8. The molecule has 2 aromatic carbocycles. The average Bonchev–Trinajstić information content (AvgIpc) is 2.53. The molecule has 20 heavy (non-hydrogen) atoms. The zero-order valence-electron chi connectivity index (χ0n) is 11.4. The SMILES string of the molecule is O=Cc1ccc2cc(COC3CCCCO3)ccc2c1. The molecule has 3 rings (SSSR count). The fourth-order valence-electron chi connectivity index (χ4n) is 2.51. The number of fused-ring (bicyclic) bond motifs is 1. The van der Waals surface area contributed by atoms with Crippen molar-refractivity contribution in [1.82, 2.24) is 0 Å². The van der Waals surface area contributed by atoms with Crippen molar-refractivity contribution in [2.24, 2.45) is 0 Å². The number of carbonyl (C=O) groups excluding carboxylic acids is 1. The maximum Gasteiger partial charge on any atom is 0.158 e. The van der Waals surface area contributed by atoms with Gasteiger partial charge in [0.2, 0.25) is 0 Å². The second kappa shape index (κ2) is 6.16. The Kier molecular flexibility index (Phi) is 4.09.